The van der Waals surface area contributed by atoms with Crippen LogP contribution in [0.4, 0.5) is 0 Å². The highest BCUT2D eigenvalue weighted by molar-refractivity contribution is 6.24. The van der Waals surface area contributed by atoms with Crippen molar-refractivity contribution in [1.29, 1.82) is 0 Å². The Balaban J connectivity index is 1.53. The lowest BCUT2D eigenvalue weighted by molar-refractivity contribution is 0.0135. The smallest absolute Gasteiger partial charge is 0.340 e. The summed E-state index contributed by atoms with van der Waals surface area (Å²) in [6.45, 7) is 0. The third-order valence-electron chi connectivity index (χ3n) is 22.7. The van der Waals surface area contributed by atoms with E-state index in [1.165, 1.54) is 38.5 Å². The van der Waals surface area contributed by atoms with Crippen molar-refractivity contribution >= 4 is 35.8 Å². The molecule has 0 atom stereocenters. The number of esters is 6. The van der Waals surface area contributed by atoms with Crippen LogP contribution in [0.1, 0.15) is 486 Å². The molecule has 12 nitrogen and oxygen atoms in total. The molecule has 0 N–H and O–H groups in total. The van der Waals surface area contributed by atoms with E-state index in [9.17, 15) is 0 Å². The van der Waals surface area contributed by atoms with E-state index in [-0.39, 0.29) is 0 Å². The zero-order valence-electron chi connectivity index (χ0n) is 61.0. The average molecular weight is 1340 g/mol. The molecule has 96 heavy (non-hydrogen) atoms. The molecule has 6 saturated carbocycles. The Hall–Kier alpha value is -3.96. The lowest BCUT2D eigenvalue weighted by Crippen LogP contribution is -2.35. The molecule has 0 bridgehead atoms. The molecule has 6 aliphatic carbocycles. The van der Waals surface area contributed by atoms with Gasteiger partial charge in [-0.1, -0.05) is 270 Å². The van der Waals surface area contributed by atoms with Crippen LogP contribution in [0.15, 0.2) is 0 Å². The van der Waals surface area contributed by atoms with E-state index < -0.39 is 106 Å². The highest BCUT2D eigenvalue weighted by atomic mass is 16.6. The van der Waals surface area contributed by atoms with Crippen LogP contribution in [0.2, 0.25) is 0 Å². The molecule has 1 aromatic rings. The van der Waals surface area contributed by atoms with E-state index in [1.54, 1.807) is 0 Å². The van der Waals surface area contributed by atoms with Crippen molar-refractivity contribution in [2.45, 2.75) is 460 Å². The molecule has 0 spiro atoms. The molecule has 7 rings (SSSR count). The molecule has 0 aromatic heterocycles. The van der Waals surface area contributed by atoms with Gasteiger partial charge in [0.15, 0.2) is 0 Å². The summed E-state index contributed by atoms with van der Waals surface area (Å²) >= 11 is 0. The topological polar surface area (TPSA) is 158 Å². The Labute approximate surface area is 584 Å². The van der Waals surface area contributed by atoms with Gasteiger partial charge in [0.2, 0.25) is 0 Å². The van der Waals surface area contributed by atoms with Crippen molar-refractivity contribution in [2.24, 2.45) is 0 Å². The SMILES string of the molecule is O=C(OC1CCCCCCCCCCC1)c1c(C(=O)OC2CCCCCCCCCCC2)c(C(=O)OC2CCCCCCCCCCC2)c(C(=O)OC2CCCCCCCCCCC2)c(C(=O)OC2CCCCCCCCCCC2)c1C(=O)OC1CCCCCCCCCCC1. The summed E-state index contributed by atoms with van der Waals surface area (Å²) in [5, 5.41) is 0. The highest BCUT2D eigenvalue weighted by Crippen LogP contribution is 2.38. The van der Waals surface area contributed by atoms with Crippen molar-refractivity contribution in [1.82, 2.24) is 0 Å². The number of carbonyl (C=O) groups is 6. The van der Waals surface area contributed by atoms with E-state index in [4.69, 9.17) is 28.4 Å². The second kappa shape index (κ2) is 49.6. The molecule has 6 aliphatic rings. The monoisotopic (exact) mass is 1340 g/mol. The van der Waals surface area contributed by atoms with Crippen LogP contribution in [-0.4, -0.2) is 72.4 Å². The van der Waals surface area contributed by atoms with Crippen LogP contribution in [0.25, 0.3) is 0 Å². The molecule has 6 fully saturated rings. The summed E-state index contributed by atoms with van der Waals surface area (Å²) in [6, 6.07) is 0. The maximum Gasteiger partial charge on any atom is 0.340 e. The van der Waals surface area contributed by atoms with Crippen molar-refractivity contribution in [3.05, 3.63) is 33.4 Å². The Bertz CT molecular complexity index is 1840. The summed E-state index contributed by atoms with van der Waals surface area (Å²) in [5.41, 5.74) is -3.35. The quantitative estimate of drug-likeness (QED) is 0.144. The van der Waals surface area contributed by atoms with Gasteiger partial charge in [0, 0.05) is 0 Å². The molecular weight excluding hydrogens is 1200 g/mol. The number of rotatable bonds is 12. The van der Waals surface area contributed by atoms with Crippen LogP contribution < -0.4 is 0 Å². The first-order valence-electron chi connectivity index (χ1n) is 41.8. The van der Waals surface area contributed by atoms with Gasteiger partial charge in [-0.25, -0.2) is 28.8 Å². The fourth-order valence-electron chi connectivity index (χ4n) is 16.7. The predicted molar refractivity (Wildman–Crippen MR) is 386 cm³/mol. The molecular formula is C84H138O12. The van der Waals surface area contributed by atoms with Gasteiger partial charge in [-0.2, -0.15) is 0 Å². The Morgan fingerprint density at radius 3 is 0.292 bits per heavy atom. The molecule has 0 amide bonds. The minimum Gasteiger partial charge on any atom is -0.459 e. The summed E-state index contributed by atoms with van der Waals surface area (Å²) < 4.78 is 41.2. The molecule has 12 heteroatoms. The third kappa shape index (κ3) is 30.9. The maximum atomic E-state index is 16.6. The number of benzene rings is 1. The number of ether oxygens (including phenoxy) is 6. The molecule has 0 aliphatic heterocycles. The lowest BCUT2D eigenvalue weighted by atomic mass is 9.85. The van der Waals surface area contributed by atoms with E-state index in [0.29, 0.717) is 77.0 Å². The first kappa shape index (κ1) is 79.4. The van der Waals surface area contributed by atoms with Gasteiger partial charge in [-0.3, -0.25) is 0 Å². The van der Waals surface area contributed by atoms with Crippen LogP contribution in [0, 0.1) is 0 Å². The first-order valence-corrected chi connectivity index (χ1v) is 41.8. The van der Waals surface area contributed by atoms with Crippen molar-refractivity contribution < 1.29 is 57.2 Å². The van der Waals surface area contributed by atoms with Crippen LogP contribution >= 0.6 is 0 Å². The van der Waals surface area contributed by atoms with Gasteiger partial charge in [-0.05, 0) is 154 Å². The number of hydrogen-bond donors (Lipinski definition) is 0. The largest absolute Gasteiger partial charge is 0.459 e. The van der Waals surface area contributed by atoms with Crippen molar-refractivity contribution in [3.63, 3.8) is 0 Å². The van der Waals surface area contributed by atoms with Gasteiger partial charge < -0.3 is 28.4 Å². The van der Waals surface area contributed by atoms with Gasteiger partial charge >= 0.3 is 35.8 Å². The van der Waals surface area contributed by atoms with Crippen LogP contribution in [0.5, 0.6) is 0 Å². The van der Waals surface area contributed by atoms with Crippen molar-refractivity contribution in [3.8, 4) is 0 Å². The lowest BCUT2D eigenvalue weighted by Gasteiger charge is -2.28. The van der Waals surface area contributed by atoms with Crippen LogP contribution in [0.3, 0.4) is 0 Å². The molecule has 1 aromatic carbocycles. The van der Waals surface area contributed by atoms with E-state index in [0.717, 1.165) is 308 Å². The molecule has 546 valence electrons. The van der Waals surface area contributed by atoms with Gasteiger partial charge in [0.05, 0.1) is 33.4 Å². The average Bonchev–Trinajstić information content (AvgIpc) is 0.729. The van der Waals surface area contributed by atoms with E-state index in [1.807, 2.05) is 0 Å². The summed E-state index contributed by atoms with van der Waals surface area (Å²) in [5.74, 6) is -6.07. The summed E-state index contributed by atoms with van der Waals surface area (Å²) in [6.07, 6.45) is 58.5. The molecule has 0 heterocycles. The normalized spacial score (nSPS) is 22.8. The Morgan fingerprint density at radius 2 is 0.208 bits per heavy atom. The highest BCUT2D eigenvalue weighted by Gasteiger charge is 2.46. The molecule has 0 saturated heterocycles. The number of hydrogen-bond acceptors (Lipinski definition) is 12. The minimum atomic E-state index is -1.01. The minimum absolute atomic E-state index is 0.559. The van der Waals surface area contributed by atoms with E-state index in [2.05, 4.69) is 0 Å². The van der Waals surface area contributed by atoms with Gasteiger partial charge in [0.1, 0.15) is 36.6 Å². The molecule has 0 unspecified atom stereocenters. The Morgan fingerprint density at radius 1 is 0.135 bits per heavy atom. The summed E-state index contributed by atoms with van der Waals surface area (Å²) in [4.78, 5) is 99.7. The van der Waals surface area contributed by atoms with Gasteiger partial charge in [0.25, 0.3) is 0 Å². The zero-order valence-corrected chi connectivity index (χ0v) is 61.0. The second-order valence-corrected chi connectivity index (χ2v) is 31.0. The zero-order chi connectivity index (χ0) is 67.3. The van der Waals surface area contributed by atoms with Crippen LogP contribution in [-0.2, 0) is 28.4 Å². The fraction of sp³-hybridized carbons (Fsp3) is 0.857. The predicted octanol–water partition coefficient (Wildman–Crippen LogP) is 24.7. The Kier molecular flexibility index (Phi) is 41.0. The van der Waals surface area contributed by atoms with E-state index >= 15 is 28.8 Å². The summed E-state index contributed by atoms with van der Waals surface area (Å²) in [7, 11) is 0. The van der Waals surface area contributed by atoms with Crippen molar-refractivity contribution in [2.75, 3.05) is 0 Å². The number of carbonyl (C=O) groups excluding carboxylic acids is 6. The standard InChI is InChI=1S/C84H138O12/c85-79(91-67-55-43-31-19-7-1-8-20-32-44-56-67)73-74(80(86)92-68-57-45-33-21-9-2-10-22-34-46-58-68)76(82(88)94-70-61-49-37-25-13-4-14-26-38-50-62-70)78(84(90)96-72-65-53-41-29-17-6-18-30-42-54-66-72)77(83(89)95-71-63-51-39-27-15-5-16-28-40-52-64-71)75(73)81(87)93-69-59-47-35-23-11-3-12-24-36-48-60-69/h67-72H,1-66H2. The molecule has 0 radical (unpaired) electrons. The van der Waals surface area contributed by atoms with Gasteiger partial charge in [-0.15, -0.1) is 0 Å². The first-order chi connectivity index (χ1) is 47.3. The fourth-order valence-corrected chi connectivity index (χ4v) is 16.7. The maximum absolute atomic E-state index is 16.6. The second-order valence-electron chi connectivity index (χ2n) is 31.0. The third-order valence-corrected chi connectivity index (χ3v) is 22.7.